The number of nitrogens with zero attached hydrogens (tertiary/aromatic N) is 1. The molecule has 114 valence electrons. The summed E-state index contributed by atoms with van der Waals surface area (Å²) in [6.07, 6.45) is 2.25. The van der Waals surface area contributed by atoms with E-state index in [1.807, 2.05) is 6.07 Å². The number of benzene rings is 2. The fourth-order valence-electron chi connectivity index (χ4n) is 3.47. The van der Waals surface area contributed by atoms with E-state index >= 15 is 0 Å². The van der Waals surface area contributed by atoms with E-state index in [0.717, 1.165) is 18.4 Å². The largest absolute Gasteiger partial charge is 0.507 e. The van der Waals surface area contributed by atoms with Crippen LogP contribution in [-0.4, -0.2) is 23.8 Å². The van der Waals surface area contributed by atoms with Crippen LogP contribution in [0, 0.1) is 0 Å². The van der Waals surface area contributed by atoms with Crippen LogP contribution in [0.4, 0.5) is 0 Å². The zero-order valence-corrected chi connectivity index (χ0v) is 12.6. The van der Waals surface area contributed by atoms with Gasteiger partial charge < -0.3 is 14.6 Å². The van der Waals surface area contributed by atoms with Crippen molar-refractivity contribution in [3.05, 3.63) is 53.1 Å². The van der Waals surface area contributed by atoms with Crippen molar-refractivity contribution >= 4 is 0 Å². The average molecular weight is 297 g/mol. The Hall–Kier alpha value is -2.20. The number of hydrogen-bond acceptors (Lipinski definition) is 4. The van der Waals surface area contributed by atoms with Gasteiger partial charge in [0.2, 0.25) is 6.79 Å². The molecule has 0 aromatic heterocycles. The molecule has 4 nitrogen and oxygen atoms in total. The lowest BCUT2D eigenvalue weighted by Gasteiger charge is -2.25. The summed E-state index contributed by atoms with van der Waals surface area (Å²) in [5.74, 6) is 1.60. The van der Waals surface area contributed by atoms with Crippen LogP contribution >= 0.6 is 0 Å². The molecule has 0 amide bonds. The second-order valence-corrected chi connectivity index (χ2v) is 6.00. The molecule has 1 unspecified atom stereocenters. The Morgan fingerprint density at radius 3 is 2.82 bits per heavy atom. The fourth-order valence-corrected chi connectivity index (χ4v) is 3.47. The first-order valence-electron chi connectivity index (χ1n) is 7.62. The predicted octanol–water partition coefficient (Wildman–Crippen LogP) is 3.24. The number of rotatable bonds is 3. The van der Waals surface area contributed by atoms with E-state index in [1.165, 1.54) is 11.1 Å². The molecule has 22 heavy (non-hydrogen) atoms. The van der Waals surface area contributed by atoms with Gasteiger partial charge in [-0.05, 0) is 37.1 Å². The fraction of sp³-hybridized carbons (Fsp3) is 0.333. The predicted molar refractivity (Wildman–Crippen MR) is 83.2 cm³/mol. The van der Waals surface area contributed by atoms with Gasteiger partial charge in [-0.15, -0.1) is 0 Å². The van der Waals surface area contributed by atoms with Gasteiger partial charge in [0, 0.05) is 24.2 Å². The van der Waals surface area contributed by atoms with Crippen LogP contribution in [0.15, 0.2) is 36.4 Å². The van der Waals surface area contributed by atoms with E-state index in [1.54, 1.807) is 6.07 Å². The Morgan fingerprint density at radius 1 is 1.18 bits per heavy atom. The number of phenols is 1. The highest BCUT2D eigenvalue weighted by Crippen LogP contribution is 2.40. The molecule has 1 atom stereocenters. The van der Waals surface area contributed by atoms with Gasteiger partial charge in [-0.3, -0.25) is 4.90 Å². The lowest BCUT2D eigenvalue weighted by atomic mass is 10.1. The van der Waals surface area contributed by atoms with Gasteiger partial charge in [0.15, 0.2) is 11.5 Å². The van der Waals surface area contributed by atoms with E-state index in [4.69, 9.17) is 9.47 Å². The molecule has 0 saturated carbocycles. The van der Waals surface area contributed by atoms with Crippen LogP contribution in [0.2, 0.25) is 0 Å². The zero-order valence-electron chi connectivity index (χ0n) is 12.6. The number of aromatic hydroxyl groups is 1. The van der Waals surface area contributed by atoms with E-state index in [-0.39, 0.29) is 12.5 Å². The summed E-state index contributed by atoms with van der Waals surface area (Å²) in [5.41, 5.74) is 3.72. The molecule has 4 rings (SSSR count). The maximum Gasteiger partial charge on any atom is 0.231 e. The summed E-state index contributed by atoms with van der Waals surface area (Å²) < 4.78 is 10.7. The molecule has 0 fully saturated rings. The van der Waals surface area contributed by atoms with Crippen molar-refractivity contribution in [2.24, 2.45) is 0 Å². The molecular formula is C18H19NO3. The van der Waals surface area contributed by atoms with Crippen molar-refractivity contribution in [2.75, 3.05) is 13.8 Å². The van der Waals surface area contributed by atoms with Crippen LogP contribution in [0.3, 0.4) is 0 Å². The summed E-state index contributed by atoms with van der Waals surface area (Å²) in [6.45, 7) is 0.908. The second kappa shape index (κ2) is 5.21. The lowest BCUT2D eigenvalue weighted by Crippen LogP contribution is -2.22. The lowest BCUT2D eigenvalue weighted by molar-refractivity contribution is 0.173. The first-order valence-corrected chi connectivity index (χ1v) is 7.62. The molecule has 1 N–H and O–H groups in total. The summed E-state index contributed by atoms with van der Waals surface area (Å²) in [7, 11) is 2.11. The molecular weight excluding hydrogens is 278 g/mol. The van der Waals surface area contributed by atoms with Crippen molar-refractivity contribution in [1.82, 2.24) is 4.90 Å². The minimum Gasteiger partial charge on any atom is -0.507 e. The molecule has 2 aliphatic rings. The molecule has 1 aliphatic heterocycles. The number of hydrogen-bond donors (Lipinski definition) is 1. The van der Waals surface area contributed by atoms with E-state index in [2.05, 4.69) is 36.2 Å². The summed E-state index contributed by atoms with van der Waals surface area (Å²) in [6, 6.07) is 12.6. The van der Waals surface area contributed by atoms with Gasteiger partial charge in [-0.1, -0.05) is 24.3 Å². The number of ether oxygens (including phenoxy) is 2. The topological polar surface area (TPSA) is 41.9 Å². The Labute approximate surface area is 129 Å². The molecule has 4 heteroatoms. The van der Waals surface area contributed by atoms with E-state index in [9.17, 15) is 5.11 Å². The molecule has 0 radical (unpaired) electrons. The molecule has 0 spiro atoms. The Morgan fingerprint density at radius 2 is 1.95 bits per heavy atom. The Balaban J connectivity index is 1.57. The van der Waals surface area contributed by atoms with Gasteiger partial charge in [-0.2, -0.15) is 0 Å². The number of aryl methyl sites for hydroxylation is 1. The highest BCUT2D eigenvalue weighted by Gasteiger charge is 2.26. The first-order chi connectivity index (χ1) is 10.7. The van der Waals surface area contributed by atoms with Gasteiger partial charge >= 0.3 is 0 Å². The van der Waals surface area contributed by atoms with Crippen LogP contribution in [0.5, 0.6) is 17.2 Å². The average Bonchev–Trinajstić information content (AvgIpc) is 3.13. The molecule has 2 aromatic carbocycles. The van der Waals surface area contributed by atoms with E-state index < -0.39 is 0 Å². The third-order valence-corrected chi connectivity index (χ3v) is 4.63. The van der Waals surface area contributed by atoms with Gasteiger partial charge in [-0.25, -0.2) is 0 Å². The van der Waals surface area contributed by atoms with Crippen molar-refractivity contribution in [3.63, 3.8) is 0 Å². The Bertz CT molecular complexity index is 713. The van der Waals surface area contributed by atoms with Crippen LogP contribution in [0.1, 0.15) is 29.2 Å². The molecule has 0 bridgehead atoms. The van der Waals surface area contributed by atoms with Crippen molar-refractivity contribution < 1.29 is 14.6 Å². The molecule has 2 aromatic rings. The maximum absolute atomic E-state index is 10.2. The monoisotopic (exact) mass is 297 g/mol. The first kappa shape index (κ1) is 13.5. The normalized spacial score (nSPS) is 18.7. The van der Waals surface area contributed by atoms with Crippen LogP contribution < -0.4 is 9.47 Å². The van der Waals surface area contributed by atoms with Crippen LogP contribution in [0.25, 0.3) is 0 Å². The van der Waals surface area contributed by atoms with Crippen molar-refractivity contribution in [3.8, 4) is 17.2 Å². The standard InChI is InChI=1S/C18H19NO3/c1-19(15-7-6-12-4-2-3-5-14(12)15)10-13-8-17-18(9-16(13)20)22-11-21-17/h2-5,8-9,15,20H,6-7,10-11H2,1H3. The molecule has 1 aliphatic carbocycles. The zero-order chi connectivity index (χ0) is 15.1. The smallest absolute Gasteiger partial charge is 0.231 e. The third kappa shape index (κ3) is 2.20. The van der Waals surface area contributed by atoms with Gasteiger partial charge in [0.1, 0.15) is 5.75 Å². The minimum atomic E-state index is 0.226. The second-order valence-electron chi connectivity index (χ2n) is 6.00. The number of phenolic OH excluding ortho intramolecular Hbond substituents is 1. The quantitative estimate of drug-likeness (QED) is 0.944. The highest BCUT2D eigenvalue weighted by atomic mass is 16.7. The summed E-state index contributed by atoms with van der Waals surface area (Å²) in [5, 5.41) is 10.2. The Kier molecular flexibility index (Phi) is 3.19. The SMILES string of the molecule is CN(Cc1cc2c(cc1O)OCO2)C1CCc2ccccc21. The summed E-state index contributed by atoms with van der Waals surface area (Å²) in [4.78, 5) is 2.29. The van der Waals surface area contributed by atoms with Crippen molar-refractivity contribution in [2.45, 2.75) is 25.4 Å². The van der Waals surface area contributed by atoms with Crippen molar-refractivity contribution in [1.29, 1.82) is 0 Å². The maximum atomic E-state index is 10.2. The highest BCUT2D eigenvalue weighted by molar-refractivity contribution is 5.51. The van der Waals surface area contributed by atoms with Gasteiger partial charge in [0.05, 0.1) is 0 Å². The minimum absolute atomic E-state index is 0.226. The number of fused-ring (bicyclic) bond motifs is 2. The summed E-state index contributed by atoms with van der Waals surface area (Å²) >= 11 is 0. The molecule has 1 heterocycles. The van der Waals surface area contributed by atoms with Crippen LogP contribution in [-0.2, 0) is 13.0 Å². The molecule has 0 saturated heterocycles. The van der Waals surface area contributed by atoms with E-state index in [0.29, 0.717) is 24.1 Å². The third-order valence-electron chi connectivity index (χ3n) is 4.63. The van der Waals surface area contributed by atoms with Gasteiger partial charge in [0.25, 0.3) is 0 Å².